The lowest BCUT2D eigenvalue weighted by atomic mass is 10.1. The summed E-state index contributed by atoms with van der Waals surface area (Å²) in [4.78, 5) is 16.7. The van der Waals surface area contributed by atoms with Crippen LogP contribution in [0.5, 0.6) is 0 Å². The van der Waals surface area contributed by atoms with Crippen molar-refractivity contribution in [1.29, 1.82) is 0 Å². The number of carbonyl (C=O) groups excluding carboxylic acids is 1. The minimum Gasteiger partial charge on any atom is -0.453 e. The third-order valence-electron chi connectivity index (χ3n) is 4.45. The molecule has 1 atom stereocenters. The molecule has 3 rings (SSSR count). The molecular formula is C23H23FN2O2. The van der Waals surface area contributed by atoms with Crippen molar-refractivity contribution in [3.8, 4) is 17.1 Å². The van der Waals surface area contributed by atoms with Crippen molar-refractivity contribution in [1.82, 2.24) is 9.55 Å². The van der Waals surface area contributed by atoms with Crippen molar-refractivity contribution >= 4 is 5.97 Å². The average molecular weight is 378 g/mol. The second-order valence-electron chi connectivity index (χ2n) is 6.82. The monoisotopic (exact) mass is 378 g/mol. The van der Waals surface area contributed by atoms with Gasteiger partial charge < -0.3 is 4.74 Å². The van der Waals surface area contributed by atoms with Gasteiger partial charge >= 0.3 is 5.97 Å². The Hall–Kier alpha value is -3.21. The summed E-state index contributed by atoms with van der Waals surface area (Å²) in [5.74, 6) is -0.00586. The second kappa shape index (κ2) is 8.21. The van der Waals surface area contributed by atoms with Gasteiger partial charge in [0.1, 0.15) is 17.7 Å². The van der Waals surface area contributed by atoms with E-state index in [0.717, 1.165) is 28.7 Å². The molecule has 2 aromatic carbocycles. The van der Waals surface area contributed by atoms with Crippen molar-refractivity contribution in [3.05, 3.63) is 84.5 Å². The van der Waals surface area contributed by atoms with E-state index in [0.29, 0.717) is 5.82 Å². The molecule has 0 saturated heterocycles. The predicted octanol–water partition coefficient (Wildman–Crippen LogP) is 5.59. The molecule has 5 heteroatoms. The molecule has 0 bridgehead atoms. The van der Waals surface area contributed by atoms with Crippen LogP contribution in [0.4, 0.5) is 4.39 Å². The number of halogens is 1. The van der Waals surface area contributed by atoms with Gasteiger partial charge in [0.05, 0.1) is 11.4 Å². The summed E-state index contributed by atoms with van der Waals surface area (Å²) in [6.45, 7) is 9.35. The van der Waals surface area contributed by atoms with Crippen LogP contribution in [0.15, 0.2) is 67.3 Å². The maximum atomic E-state index is 13.5. The molecule has 0 aliphatic rings. The molecule has 0 aliphatic carbocycles. The van der Waals surface area contributed by atoms with Crippen molar-refractivity contribution in [2.24, 2.45) is 0 Å². The van der Waals surface area contributed by atoms with E-state index < -0.39 is 12.1 Å². The number of ether oxygens (including phenoxy) is 1. The summed E-state index contributed by atoms with van der Waals surface area (Å²) < 4.78 is 21.0. The Kier molecular flexibility index (Phi) is 5.73. The molecule has 4 nitrogen and oxygen atoms in total. The third kappa shape index (κ3) is 3.88. The minimum atomic E-state index is -0.557. The summed E-state index contributed by atoms with van der Waals surface area (Å²) >= 11 is 0. The number of rotatable bonds is 6. The van der Waals surface area contributed by atoms with Gasteiger partial charge in [-0.3, -0.25) is 4.57 Å². The van der Waals surface area contributed by atoms with E-state index in [2.05, 4.69) is 6.58 Å². The molecule has 0 saturated carbocycles. The smallest absolute Gasteiger partial charge is 0.330 e. The van der Waals surface area contributed by atoms with E-state index in [1.54, 1.807) is 19.1 Å². The zero-order valence-corrected chi connectivity index (χ0v) is 16.2. The highest BCUT2D eigenvalue weighted by atomic mass is 19.1. The van der Waals surface area contributed by atoms with Crippen molar-refractivity contribution < 1.29 is 13.9 Å². The Morgan fingerprint density at radius 3 is 2.32 bits per heavy atom. The van der Waals surface area contributed by atoms with Gasteiger partial charge in [-0.15, -0.1) is 0 Å². The molecule has 1 heterocycles. The maximum absolute atomic E-state index is 13.5. The van der Waals surface area contributed by atoms with Gasteiger partial charge in [-0.2, -0.15) is 0 Å². The van der Waals surface area contributed by atoms with E-state index >= 15 is 0 Å². The molecule has 28 heavy (non-hydrogen) atoms. The number of hydrogen-bond donors (Lipinski definition) is 0. The second-order valence-corrected chi connectivity index (χ2v) is 6.82. The SMILES string of the molecule is C=CC(=O)OC(C)c1c(C(C)C)nc(-c2ccccc2)n1-c1ccc(F)cc1. The number of aromatic nitrogens is 2. The van der Waals surface area contributed by atoms with E-state index in [9.17, 15) is 9.18 Å². The molecule has 1 unspecified atom stereocenters. The van der Waals surface area contributed by atoms with Gasteiger partial charge in [-0.25, -0.2) is 14.2 Å². The zero-order valence-electron chi connectivity index (χ0n) is 16.2. The quantitative estimate of drug-likeness (QED) is 0.415. The Morgan fingerprint density at radius 1 is 1.11 bits per heavy atom. The van der Waals surface area contributed by atoms with Crippen molar-refractivity contribution in [2.45, 2.75) is 32.8 Å². The molecule has 3 aromatic rings. The maximum Gasteiger partial charge on any atom is 0.330 e. The van der Waals surface area contributed by atoms with Crippen molar-refractivity contribution in [3.63, 3.8) is 0 Å². The molecule has 1 aromatic heterocycles. The number of carbonyl (C=O) groups is 1. The number of hydrogen-bond acceptors (Lipinski definition) is 3. The number of benzene rings is 2. The van der Waals surface area contributed by atoms with Gasteiger partial charge in [0, 0.05) is 17.3 Å². The first kappa shape index (κ1) is 19.5. The number of imidazole rings is 1. The highest BCUT2D eigenvalue weighted by Gasteiger charge is 2.27. The Bertz CT molecular complexity index is 976. The van der Waals surface area contributed by atoms with Crippen LogP contribution >= 0.6 is 0 Å². The largest absolute Gasteiger partial charge is 0.453 e. The van der Waals surface area contributed by atoms with E-state index in [-0.39, 0.29) is 11.7 Å². The summed E-state index contributed by atoms with van der Waals surface area (Å²) in [5.41, 5.74) is 3.25. The highest BCUT2D eigenvalue weighted by Crippen LogP contribution is 2.35. The van der Waals surface area contributed by atoms with E-state index in [4.69, 9.17) is 9.72 Å². The zero-order chi connectivity index (χ0) is 20.3. The molecule has 0 fully saturated rings. The number of nitrogens with zero attached hydrogens (tertiary/aromatic N) is 2. The molecule has 0 amide bonds. The molecule has 0 radical (unpaired) electrons. The third-order valence-corrected chi connectivity index (χ3v) is 4.45. The minimum absolute atomic E-state index is 0.101. The normalized spacial score (nSPS) is 12.0. The fraction of sp³-hybridized carbons (Fsp3) is 0.217. The van der Waals surface area contributed by atoms with Crippen LogP contribution in [0.25, 0.3) is 17.1 Å². The fourth-order valence-corrected chi connectivity index (χ4v) is 3.18. The Labute approximate surface area is 164 Å². The van der Waals surface area contributed by atoms with Crippen LogP contribution < -0.4 is 0 Å². The topological polar surface area (TPSA) is 44.1 Å². The fourth-order valence-electron chi connectivity index (χ4n) is 3.18. The van der Waals surface area contributed by atoms with Gasteiger partial charge in [0.25, 0.3) is 0 Å². The van der Waals surface area contributed by atoms with Crippen LogP contribution in [-0.2, 0) is 9.53 Å². The molecule has 0 spiro atoms. The van der Waals surface area contributed by atoms with Gasteiger partial charge in [-0.1, -0.05) is 50.8 Å². The Balaban J connectivity index is 2.28. The van der Waals surface area contributed by atoms with Gasteiger partial charge in [0.15, 0.2) is 0 Å². The molecule has 0 aliphatic heterocycles. The lowest BCUT2D eigenvalue weighted by molar-refractivity contribution is -0.142. The predicted molar refractivity (Wildman–Crippen MR) is 108 cm³/mol. The van der Waals surface area contributed by atoms with Crippen LogP contribution in [0.3, 0.4) is 0 Å². The summed E-state index contributed by atoms with van der Waals surface area (Å²) in [6, 6.07) is 16.0. The first-order chi connectivity index (χ1) is 13.4. The summed E-state index contributed by atoms with van der Waals surface area (Å²) in [5, 5.41) is 0. The molecular weight excluding hydrogens is 355 g/mol. The Morgan fingerprint density at radius 2 is 1.75 bits per heavy atom. The van der Waals surface area contributed by atoms with E-state index in [1.807, 2.05) is 48.7 Å². The summed E-state index contributed by atoms with van der Waals surface area (Å²) in [7, 11) is 0. The lowest BCUT2D eigenvalue weighted by Crippen LogP contribution is -2.13. The first-order valence-electron chi connectivity index (χ1n) is 9.19. The van der Waals surface area contributed by atoms with Gasteiger partial charge in [-0.05, 0) is 37.1 Å². The van der Waals surface area contributed by atoms with Crippen LogP contribution in [-0.4, -0.2) is 15.5 Å². The highest BCUT2D eigenvalue weighted by molar-refractivity contribution is 5.81. The lowest BCUT2D eigenvalue weighted by Gasteiger charge is -2.19. The van der Waals surface area contributed by atoms with Gasteiger partial charge in [0.2, 0.25) is 0 Å². The van der Waals surface area contributed by atoms with Crippen LogP contribution in [0.1, 0.15) is 44.2 Å². The van der Waals surface area contributed by atoms with Crippen LogP contribution in [0.2, 0.25) is 0 Å². The number of esters is 1. The first-order valence-corrected chi connectivity index (χ1v) is 9.19. The standard InChI is InChI=1S/C23H23FN2O2/c1-5-20(27)28-16(4)22-21(15(2)3)25-23(17-9-7-6-8-10-17)26(22)19-13-11-18(24)12-14-19/h5-16H,1H2,2-4H3. The molecule has 0 N–H and O–H groups in total. The van der Waals surface area contributed by atoms with E-state index in [1.165, 1.54) is 12.1 Å². The van der Waals surface area contributed by atoms with Crippen LogP contribution in [0, 0.1) is 5.82 Å². The molecule has 144 valence electrons. The average Bonchev–Trinajstić information content (AvgIpc) is 3.10. The summed E-state index contributed by atoms with van der Waals surface area (Å²) in [6.07, 6.45) is 0.584. The van der Waals surface area contributed by atoms with Crippen molar-refractivity contribution in [2.75, 3.05) is 0 Å².